The summed E-state index contributed by atoms with van der Waals surface area (Å²) >= 11 is 0. The van der Waals surface area contributed by atoms with E-state index in [0.29, 0.717) is 39.7 Å². The molecule has 1 fully saturated rings. The fourth-order valence-electron chi connectivity index (χ4n) is 4.18. The summed E-state index contributed by atoms with van der Waals surface area (Å²) in [4.78, 5) is 25.5. The summed E-state index contributed by atoms with van der Waals surface area (Å²) in [6.07, 6.45) is 6.66. The number of ketones is 1. The van der Waals surface area contributed by atoms with Gasteiger partial charge in [-0.15, -0.1) is 0 Å². The predicted octanol–water partition coefficient (Wildman–Crippen LogP) is 5.11. The third-order valence-electron chi connectivity index (χ3n) is 5.91. The maximum absolute atomic E-state index is 12.9. The predicted molar refractivity (Wildman–Crippen MR) is 116 cm³/mol. The number of rotatable bonds is 5. The van der Waals surface area contributed by atoms with Crippen molar-refractivity contribution in [1.29, 1.82) is 0 Å². The number of fused-ring (bicyclic) bond motifs is 1. The van der Waals surface area contributed by atoms with Crippen molar-refractivity contribution < 1.29 is 28.5 Å². The third-order valence-corrected chi connectivity index (χ3v) is 5.91. The number of carbonyl (C=O) groups excluding carboxylic acids is 2. The minimum absolute atomic E-state index is 0.0556. The van der Waals surface area contributed by atoms with Gasteiger partial charge in [0, 0.05) is 11.1 Å². The highest BCUT2D eigenvalue weighted by Gasteiger charge is 2.32. The molecule has 162 valence electrons. The van der Waals surface area contributed by atoms with Crippen LogP contribution in [0.3, 0.4) is 0 Å². The molecule has 0 spiro atoms. The highest BCUT2D eigenvalue weighted by molar-refractivity contribution is 6.15. The van der Waals surface area contributed by atoms with Gasteiger partial charge >= 0.3 is 5.97 Å². The minimum atomic E-state index is -0.229. The number of benzene rings is 2. The van der Waals surface area contributed by atoms with Crippen LogP contribution in [0.1, 0.15) is 53.6 Å². The summed E-state index contributed by atoms with van der Waals surface area (Å²) in [6.45, 7) is 1.80. The van der Waals surface area contributed by atoms with Crippen molar-refractivity contribution in [2.75, 3.05) is 14.2 Å². The second-order valence-electron chi connectivity index (χ2n) is 7.84. The fraction of sp³-hybridized carbons (Fsp3) is 0.360. The molecule has 2 aromatic carbocycles. The van der Waals surface area contributed by atoms with Crippen LogP contribution in [0.4, 0.5) is 0 Å². The van der Waals surface area contributed by atoms with E-state index in [2.05, 4.69) is 0 Å². The molecule has 31 heavy (non-hydrogen) atoms. The largest absolute Gasteiger partial charge is 0.493 e. The first kappa shape index (κ1) is 21.0. The molecule has 0 radical (unpaired) electrons. The van der Waals surface area contributed by atoms with Crippen molar-refractivity contribution in [3.05, 3.63) is 52.8 Å². The number of Topliss-reactive ketones (excluding diaryl/α,β-unsaturated/α-hetero) is 1. The van der Waals surface area contributed by atoms with E-state index >= 15 is 0 Å². The van der Waals surface area contributed by atoms with Crippen LogP contribution in [0.2, 0.25) is 0 Å². The summed E-state index contributed by atoms with van der Waals surface area (Å²) in [5.74, 6) is 1.63. The Hall–Kier alpha value is -3.28. The van der Waals surface area contributed by atoms with Gasteiger partial charge in [0.2, 0.25) is 5.78 Å². The Morgan fingerprint density at radius 3 is 2.52 bits per heavy atom. The second-order valence-corrected chi connectivity index (χ2v) is 7.84. The van der Waals surface area contributed by atoms with Gasteiger partial charge in [0.1, 0.15) is 11.5 Å². The highest BCUT2D eigenvalue weighted by Crippen LogP contribution is 2.41. The van der Waals surface area contributed by atoms with Crippen molar-refractivity contribution in [2.45, 2.75) is 39.0 Å². The van der Waals surface area contributed by atoms with Gasteiger partial charge in [-0.05, 0) is 44.0 Å². The average molecular weight is 422 g/mol. The lowest BCUT2D eigenvalue weighted by Crippen LogP contribution is -2.23. The second kappa shape index (κ2) is 8.84. The number of hydrogen-bond acceptors (Lipinski definition) is 6. The average Bonchev–Trinajstić information content (AvgIpc) is 3.12. The summed E-state index contributed by atoms with van der Waals surface area (Å²) in [7, 11) is 3.10. The zero-order chi connectivity index (χ0) is 22.0. The Balaban J connectivity index is 1.60. The molecule has 2 aliphatic rings. The lowest BCUT2D eigenvalue weighted by Gasteiger charge is -2.20. The van der Waals surface area contributed by atoms with Gasteiger partial charge in [-0.25, -0.2) is 0 Å². The molecule has 0 saturated heterocycles. The van der Waals surface area contributed by atoms with Crippen LogP contribution < -0.4 is 18.9 Å². The number of allylic oxidation sites excluding steroid dienone is 1. The summed E-state index contributed by atoms with van der Waals surface area (Å²) in [5.41, 5.74) is 1.75. The first-order valence-corrected chi connectivity index (χ1v) is 10.5. The van der Waals surface area contributed by atoms with Gasteiger partial charge in [-0.1, -0.05) is 31.4 Å². The topological polar surface area (TPSA) is 71.1 Å². The first-order valence-electron chi connectivity index (χ1n) is 10.5. The highest BCUT2D eigenvalue weighted by atomic mass is 16.5. The quantitative estimate of drug-likeness (QED) is 0.379. The number of hydrogen-bond donors (Lipinski definition) is 0. The Morgan fingerprint density at radius 2 is 1.81 bits per heavy atom. The molecule has 1 aliphatic heterocycles. The molecule has 6 heteroatoms. The maximum Gasteiger partial charge on any atom is 0.314 e. The molecule has 2 aromatic rings. The van der Waals surface area contributed by atoms with Crippen LogP contribution in [0.15, 0.2) is 36.1 Å². The molecule has 1 heterocycles. The van der Waals surface area contributed by atoms with Crippen LogP contribution in [-0.4, -0.2) is 26.0 Å². The minimum Gasteiger partial charge on any atom is -0.493 e. The lowest BCUT2D eigenvalue weighted by molar-refractivity contribution is -0.140. The van der Waals surface area contributed by atoms with Crippen molar-refractivity contribution in [3.8, 4) is 23.0 Å². The number of carbonyl (C=O) groups is 2. The lowest BCUT2D eigenvalue weighted by atomic mass is 9.89. The van der Waals surface area contributed by atoms with E-state index in [4.69, 9.17) is 18.9 Å². The molecule has 0 aromatic heterocycles. The molecule has 0 amide bonds. The van der Waals surface area contributed by atoms with Gasteiger partial charge in [0.05, 0.1) is 25.7 Å². The summed E-state index contributed by atoms with van der Waals surface area (Å²) in [5, 5.41) is 0. The van der Waals surface area contributed by atoms with Crippen molar-refractivity contribution >= 4 is 17.8 Å². The fourth-order valence-corrected chi connectivity index (χ4v) is 4.18. The Labute approximate surface area is 181 Å². The van der Waals surface area contributed by atoms with E-state index in [1.807, 2.05) is 12.1 Å². The van der Waals surface area contributed by atoms with E-state index in [1.54, 1.807) is 45.4 Å². The van der Waals surface area contributed by atoms with Crippen molar-refractivity contribution in [3.63, 3.8) is 0 Å². The van der Waals surface area contributed by atoms with E-state index in [9.17, 15) is 9.59 Å². The number of methoxy groups -OCH3 is 2. The Morgan fingerprint density at radius 1 is 1.03 bits per heavy atom. The van der Waals surface area contributed by atoms with Crippen molar-refractivity contribution in [1.82, 2.24) is 0 Å². The Kier molecular flexibility index (Phi) is 5.98. The van der Waals surface area contributed by atoms with Gasteiger partial charge in [0.25, 0.3) is 0 Å². The molecule has 1 saturated carbocycles. The van der Waals surface area contributed by atoms with Gasteiger partial charge < -0.3 is 18.9 Å². The maximum atomic E-state index is 12.9. The van der Waals surface area contributed by atoms with E-state index in [0.717, 1.165) is 25.7 Å². The zero-order valence-electron chi connectivity index (χ0n) is 18.0. The molecule has 4 rings (SSSR count). The van der Waals surface area contributed by atoms with E-state index in [-0.39, 0.29) is 23.4 Å². The Bertz CT molecular complexity index is 1050. The van der Waals surface area contributed by atoms with Crippen LogP contribution >= 0.6 is 0 Å². The van der Waals surface area contributed by atoms with E-state index in [1.165, 1.54) is 6.42 Å². The molecule has 0 N–H and O–H groups in total. The SMILES string of the molecule is COc1cccc(/C=C2\Oc3c(ccc(OC(=O)C4CCCCC4)c3C)C2=O)c1OC. The monoisotopic (exact) mass is 422 g/mol. The molecule has 0 bridgehead atoms. The normalized spacial score (nSPS) is 17.3. The van der Waals surface area contributed by atoms with Crippen LogP contribution in [0, 0.1) is 12.8 Å². The molecule has 0 unspecified atom stereocenters. The van der Waals surface area contributed by atoms with Crippen LogP contribution in [-0.2, 0) is 4.79 Å². The number of para-hydroxylation sites is 1. The summed E-state index contributed by atoms with van der Waals surface area (Å²) < 4.78 is 22.4. The van der Waals surface area contributed by atoms with E-state index < -0.39 is 0 Å². The van der Waals surface area contributed by atoms with Crippen molar-refractivity contribution in [2.24, 2.45) is 5.92 Å². The number of ether oxygens (including phenoxy) is 4. The third kappa shape index (κ3) is 4.02. The molecular formula is C25H26O6. The van der Waals surface area contributed by atoms with Crippen LogP contribution in [0.5, 0.6) is 23.0 Å². The van der Waals surface area contributed by atoms with Gasteiger partial charge in [-0.2, -0.15) is 0 Å². The summed E-state index contributed by atoms with van der Waals surface area (Å²) in [6, 6.07) is 8.74. The molecule has 1 aliphatic carbocycles. The standard InChI is InChI=1S/C25H26O6/c1-15-19(31-25(27)16-8-5-4-6-9-16)13-12-18-22(26)21(30-23(15)18)14-17-10-7-11-20(28-2)24(17)29-3/h7,10-14,16H,4-6,8-9H2,1-3H3/b21-14-. The molecule has 0 atom stereocenters. The van der Waals surface area contributed by atoms with Gasteiger partial charge in [-0.3, -0.25) is 9.59 Å². The molecular weight excluding hydrogens is 396 g/mol. The molecule has 6 nitrogen and oxygen atoms in total. The first-order chi connectivity index (χ1) is 15.0. The zero-order valence-corrected chi connectivity index (χ0v) is 18.0. The smallest absolute Gasteiger partial charge is 0.314 e. The number of esters is 1. The van der Waals surface area contributed by atoms with Crippen LogP contribution in [0.25, 0.3) is 6.08 Å². The van der Waals surface area contributed by atoms with Gasteiger partial charge in [0.15, 0.2) is 17.3 Å².